The lowest BCUT2D eigenvalue weighted by atomic mass is 9.86. The van der Waals surface area contributed by atoms with E-state index in [2.05, 4.69) is 144 Å². The largest absolute Gasteiger partial charge is 0.309 e. The molecule has 0 N–H and O–H groups in total. The monoisotopic (exact) mass is 505 g/mol. The highest BCUT2D eigenvalue weighted by Crippen LogP contribution is 2.43. The van der Waals surface area contributed by atoms with E-state index < -0.39 is 0 Å². The van der Waals surface area contributed by atoms with Gasteiger partial charge >= 0.3 is 0 Å². The van der Waals surface area contributed by atoms with Gasteiger partial charge in [-0.1, -0.05) is 127 Å². The van der Waals surface area contributed by atoms with E-state index in [9.17, 15) is 0 Å². The van der Waals surface area contributed by atoms with Crippen LogP contribution in [0.3, 0.4) is 0 Å². The Bertz CT molecular complexity index is 2150. The van der Waals surface area contributed by atoms with E-state index in [0.29, 0.717) is 0 Å². The maximum absolute atomic E-state index is 6.18. The van der Waals surface area contributed by atoms with Gasteiger partial charge in [0, 0.05) is 16.5 Å². The summed E-state index contributed by atoms with van der Waals surface area (Å²) in [5.41, 5.74) is 9.26. The molecule has 7 aromatic carbocycles. The molecule has 0 atom stereocenters. The lowest BCUT2D eigenvalue weighted by molar-refractivity contribution is 1.18. The van der Waals surface area contributed by atoms with Crippen molar-refractivity contribution >= 4 is 56.7 Å². The molecule has 2 radical (unpaired) electrons. The molecule has 0 amide bonds. The lowest BCUT2D eigenvalue weighted by Gasteiger charge is -2.18. The first-order valence-corrected chi connectivity index (χ1v) is 13.7. The smallest absolute Gasteiger partial charge is 0.113 e. The van der Waals surface area contributed by atoms with Crippen molar-refractivity contribution in [2.45, 2.75) is 0 Å². The molecule has 1 heterocycles. The third-order valence-corrected chi connectivity index (χ3v) is 8.10. The molecule has 0 bridgehead atoms. The molecule has 1 aromatic heterocycles. The van der Waals surface area contributed by atoms with Crippen molar-refractivity contribution in [2.24, 2.45) is 0 Å². The summed E-state index contributed by atoms with van der Waals surface area (Å²) >= 11 is 0. The second kappa shape index (κ2) is 9.00. The van der Waals surface area contributed by atoms with Gasteiger partial charge in [0.2, 0.25) is 0 Å². The van der Waals surface area contributed by atoms with Crippen LogP contribution in [-0.4, -0.2) is 12.4 Å². The lowest BCUT2D eigenvalue weighted by Crippen LogP contribution is -2.00. The molecule has 0 unspecified atom stereocenters. The van der Waals surface area contributed by atoms with Crippen LogP contribution in [0.1, 0.15) is 0 Å². The Morgan fingerprint density at radius 2 is 0.850 bits per heavy atom. The van der Waals surface area contributed by atoms with Crippen molar-refractivity contribution < 1.29 is 0 Å². The van der Waals surface area contributed by atoms with Crippen LogP contribution in [-0.2, 0) is 0 Å². The quantitative estimate of drug-likeness (QED) is 0.167. The van der Waals surface area contributed by atoms with E-state index in [0.717, 1.165) is 16.7 Å². The fourth-order valence-electron chi connectivity index (χ4n) is 6.40. The Labute approximate surface area is 234 Å². The van der Waals surface area contributed by atoms with Crippen LogP contribution >= 0.6 is 0 Å². The molecular formula is C38H24BN. The van der Waals surface area contributed by atoms with Crippen LogP contribution < -0.4 is 5.46 Å². The number of benzene rings is 7. The molecule has 0 aliphatic carbocycles. The Morgan fingerprint density at radius 1 is 0.375 bits per heavy atom. The van der Waals surface area contributed by atoms with Gasteiger partial charge in [-0.25, -0.2) is 0 Å². The number of fused-ring (bicyclic) bond motifs is 5. The molecule has 8 rings (SSSR count). The molecule has 2 heteroatoms. The summed E-state index contributed by atoms with van der Waals surface area (Å²) in [6.45, 7) is 0. The summed E-state index contributed by atoms with van der Waals surface area (Å²) in [6.07, 6.45) is 0. The molecule has 0 aliphatic rings. The van der Waals surface area contributed by atoms with Crippen LogP contribution in [0.5, 0.6) is 0 Å². The number of hydrogen-bond acceptors (Lipinski definition) is 0. The van der Waals surface area contributed by atoms with Crippen LogP contribution in [0.4, 0.5) is 0 Å². The summed E-state index contributed by atoms with van der Waals surface area (Å²) < 4.78 is 2.34. The predicted molar refractivity (Wildman–Crippen MR) is 172 cm³/mol. The first-order chi connectivity index (χ1) is 19.8. The Balaban J connectivity index is 1.37. The summed E-state index contributed by atoms with van der Waals surface area (Å²) in [7, 11) is 6.18. The number of para-hydroxylation sites is 1. The highest BCUT2D eigenvalue weighted by molar-refractivity contribution is 6.34. The molecule has 0 aliphatic heterocycles. The maximum Gasteiger partial charge on any atom is 0.113 e. The van der Waals surface area contributed by atoms with Crippen molar-refractivity contribution in [1.29, 1.82) is 0 Å². The fourth-order valence-corrected chi connectivity index (χ4v) is 6.40. The molecule has 0 saturated heterocycles. The normalized spacial score (nSPS) is 11.6. The van der Waals surface area contributed by atoms with E-state index in [4.69, 9.17) is 7.85 Å². The van der Waals surface area contributed by atoms with Crippen molar-refractivity contribution in [3.8, 4) is 27.9 Å². The number of aromatic nitrogens is 1. The highest BCUT2D eigenvalue weighted by atomic mass is 15.0. The molecular weight excluding hydrogens is 481 g/mol. The average molecular weight is 505 g/mol. The summed E-state index contributed by atoms with van der Waals surface area (Å²) in [6, 6.07) is 52.1. The average Bonchev–Trinajstić information content (AvgIpc) is 3.34. The van der Waals surface area contributed by atoms with Crippen molar-refractivity contribution in [1.82, 2.24) is 4.57 Å². The minimum absolute atomic E-state index is 0.781. The van der Waals surface area contributed by atoms with Gasteiger partial charge in [-0.3, -0.25) is 0 Å². The Morgan fingerprint density at radius 3 is 1.45 bits per heavy atom. The Hall–Kier alpha value is -5.08. The zero-order valence-electron chi connectivity index (χ0n) is 21.9. The van der Waals surface area contributed by atoms with Gasteiger partial charge in [0.1, 0.15) is 7.85 Å². The molecule has 8 aromatic rings. The van der Waals surface area contributed by atoms with Crippen LogP contribution in [0.15, 0.2) is 146 Å². The second-order valence-electron chi connectivity index (χ2n) is 10.4. The first-order valence-electron chi connectivity index (χ1n) is 13.7. The van der Waals surface area contributed by atoms with Crippen LogP contribution in [0.25, 0.3) is 71.3 Å². The zero-order valence-corrected chi connectivity index (χ0v) is 21.9. The minimum atomic E-state index is 0.781. The summed E-state index contributed by atoms with van der Waals surface area (Å²) in [4.78, 5) is 0. The molecule has 0 saturated carbocycles. The molecule has 0 fully saturated rings. The molecule has 1 nitrogen and oxygen atoms in total. The van der Waals surface area contributed by atoms with E-state index in [1.807, 2.05) is 6.07 Å². The highest BCUT2D eigenvalue weighted by Gasteiger charge is 2.17. The van der Waals surface area contributed by atoms with Crippen LogP contribution in [0.2, 0.25) is 0 Å². The third kappa shape index (κ3) is 3.43. The topological polar surface area (TPSA) is 4.93 Å². The summed E-state index contributed by atoms with van der Waals surface area (Å²) in [5, 5.41) is 7.45. The van der Waals surface area contributed by atoms with Crippen molar-refractivity contribution in [3.63, 3.8) is 0 Å². The van der Waals surface area contributed by atoms with Gasteiger partial charge in [-0.15, -0.1) is 0 Å². The predicted octanol–water partition coefficient (Wildman–Crippen LogP) is 9.22. The van der Waals surface area contributed by atoms with E-state index in [1.54, 1.807) is 0 Å². The van der Waals surface area contributed by atoms with Crippen molar-refractivity contribution in [3.05, 3.63) is 146 Å². The standard InChI is InChI=1S/C38H24BN/c39-27-20-23-36-34(24-27)29-12-8-9-17-35(29)40(36)28-21-18-26(19-22-28)38-32-15-6-4-13-30(32)37(25-10-2-1-3-11-25)31-14-5-7-16-33(31)38/h1-24H. The SMILES string of the molecule is [B]c1ccc2c(c1)c1ccccc1n2-c1ccc(-c2c3ccccc3c(-c3ccccc3)c3ccccc23)cc1. The second-order valence-corrected chi connectivity index (χ2v) is 10.4. The van der Waals surface area contributed by atoms with E-state index >= 15 is 0 Å². The van der Waals surface area contributed by atoms with Gasteiger partial charge in [0.05, 0.1) is 11.0 Å². The van der Waals surface area contributed by atoms with Crippen LogP contribution in [0, 0.1) is 0 Å². The Kier molecular flexibility index (Phi) is 5.15. The van der Waals surface area contributed by atoms with Gasteiger partial charge in [-0.2, -0.15) is 0 Å². The first kappa shape index (κ1) is 22.9. The van der Waals surface area contributed by atoms with E-state index in [1.165, 1.54) is 60.1 Å². The number of rotatable bonds is 3. The molecule has 184 valence electrons. The number of nitrogens with zero attached hydrogens (tertiary/aromatic N) is 1. The molecule has 40 heavy (non-hydrogen) atoms. The van der Waals surface area contributed by atoms with Gasteiger partial charge < -0.3 is 4.57 Å². The van der Waals surface area contributed by atoms with Gasteiger partial charge in [-0.05, 0) is 68.1 Å². The fraction of sp³-hybridized carbons (Fsp3) is 0. The minimum Gasteiger partial charge on any atom is -0.309 e. The third-order valence-electron chi connectivity index (χ3n) is 8.10. The number of hydrogen-bond donors (Lipinski definition) is 0. The zero-order chi connectivity index (χ0) is 26.6. The van der Waals surface area contributed by atoms with Crippen molar-refractivity contribution in [2.75, 3.05) is 0 Å². The van der Waals surface area contributed by atoms with Gasteiger partial charge in [0.15, 0.2) is 0 Å². The van der Waals surface area contributed by atoms with E-state index in [-0.39, 0.29) is 0 Å². The maximum atomic E-state index is 6.18. The molecule has 0 spiro atoms. The summed E-state index contributed by atoms with van der Waals surface area (Å²) in [5.74, 6) is 0. The van der Waals surface area contributed by atoms with Gasteiger partial charge in [0.25, 0.3) is 0 Å².